The van der Waals surface area contributed by atoms with Crippen LogP contribution in [0, 0.1) is 0 Å². The summed E-state index contributed by atoms with van der Waals surface area (Å²) in [4.78, 5) is 12.4. The van der Waals surface area contributed by atoms with Crippen LogP contribution in [0.15, 0.2) is 39.7 Å². The number of rotatable bonds is 4. The largest absolute Gasteiger partial charge is 0.496 e. The van der Waals surface area contributed by atoms with E-state index in [1.807, 2.05) is 37.3 Å². The maximum absolute atomic E-state index is 11.8. The van der Waals surface area contributed by atoms with Crippen LogP contribution < -0.4 is 10.1 Å². The van der Waals surface area contributed by atoms with Crippen molar-refractivity contribution in [2.24, 2.45) is 0 Å². The molecule has 0 bridgehead atoms. The molecular formula is C17H15NO3S2. The van der Waals surface area contributed by atoms with E-state index in [4.69, 9.17) is 21.4 Å². The number of thiocarbonyl (C=S) groups is 1. The lowest BCUT2D eigenvalue weighted by molar-refractivity contribution is -0.115. The molecule has 0 unspecified atom stereocenters. The number of benzene rings is 1. The van der Waals surface area contributed by atoms with Crippen molar-refractivity contribution in [1.29, 1.82) is 0 Å². The van der Waals surface area contributed by atoms with Crippen LogP contribution in [0.5, 0.6) is 5.75 Å². The van der Waals surface area contributed by atoms with Crippen LogP contribution in [0.4, 0.5) is 0 Å². The van der Waals surface area contributed by atoms with E-state index < -0.39 is 0 Å². The van der Waals surface area contributed by atoms with Crippen molar-refractivity contribution >= 4 is 40.3 Å². The topological polar surface area (TPSA) is 51.5 Å². The highest BCUT2D eigenvalue weighted by Crippen LogP contribution is 2.35. The Morgan fingerprint density at radius 3 is 2.83 bits per heavy atom. The van der Waals surface area contributed by atoms with Gasteiger partial charge in [-0.1, -0.05) is 43.0 Å². The Kier molecular flexibility index (Phi) is 4.54. The quantitative estimate of drug-likeness (QED) is 0.670. The average Bonchev–Trinajstić information content (AvgIpc) is 3.10. The van der Waals surface area contributed by atoms with Gasteiger partial charge < -0.3 is 14.5 Å². The molecule has 0 radical (unpaired) electrons. The summed E-state index contributed by atoms with van der Waals surface area (Å²) in [5, 5.41) is 2.61. The zero-order valence-electron chi connectivity index (χ0n) is 12.7. The summed E-state index contributed by atoms with van der Waals surface area (Å²) in [7, 11) is 1.63. The molecule has 0 atom stereocenters. The summed E-state index contributed by atoms with van der Waals surface area (Å²) in [6, 6.07) is 9.67. The van der Waals surface area contributed by atoms with Gasteiger partial charge >= 0.3 is 0 Å². The lowest BCUT2D eigenvalue weighted by atomic mass is 10.1. The number of carbonyl (C=O) groups excluding carboxylic acids is 1. The Morgan fingerprint density at radius 2 is 2.17 bits per heavy atom. The molecule has 2 aromatic rings. The van der Waals surface area contributed by atoms with Gasteiger partial charge in [0.15, 0.2) is 0 Å². The van der Waals surface area contributed by atoms with Gasteiger partial charge in [-0.05, 0) is 30.2 Å². The Bertz CT molecular complexity index is 808. The van der Waals surface area contributed by atoms with Gasteiger partial charge in [0.1, 0.15) is 21.6 Å². The van der Waals surface area contributed by atoms with E-state index in [2.05, 4.69) is 5.32 Å². The number of hydrogen-bond acceptors (Lipinski definition) is 5. The molecule has 1 fully saturated rings. The Balaban J connectivity index is 2.03. The van der Waals surface area contributed by atoms with Gasteiger partial charge in [0, 0.05) is 6.08 Å². The first-order valence-electron chi connectivity index (χ1n) is 7.13. The second-order valence-corrected chi connectivity index (χ2v) is 6.63. The third kappa shape index (κ3) is 3.18. The molecule has 0 spiro atoms. The minimum absolute atomic E-state index is 0.183. The Morgan fingerprint density at radius 1 is 1.39 bits per heavy atom. The van der Waals surface area contributed by atoms with E-state index in [1.165, 1.54) is 11.8 Å². The molecule has 1 N–H and O–H groups in total. The minimum Gasteiger partial charge on any atom is -0.496 e. The summed E-state index contributed by atoms with van der Waals surface area (Å²) < 4.78 is 11.8. The molecule has 1 aromatic heterocycles. The molecule has 6 heteroatoms. The lowest BCUT2D eigenvalue weighted by Crippen LogP contribution is -2.17. The summed E-state index contributed by atoms with van der Waals surface area (Å²) in [6.07, 6.45) is 2.55. The molecule has 4 nitrogen and oxygen atoms in total. The Hall–Kier alpha value is -2.05. The number of hydrogen-bond donors (Lipinski definition) is 1. The van der Waals surface area contributed by atoms with Crippen LogP contribution in [-0.4, -0.2) is 17.3 Å². The zero-order valence-corrected chi connectivity index (χ0v) is 14.3. The van der Waals surface area contributed by atoms with Crippen molar-refractivity contribution in [3.8, 4) is 17.1 Å². The van der Waals surface area contributed by atoms with Crippen molar-refractivity contribution in [1.82, 2.24) is 5.32 Å². The molecule has 118 valence electrons. The Labute approximate surface area is 143 Å². The molecule has 1 aromatic carbocycles. The summed E-state index contributed by atoms with van der Waals surface area (Å²) in [5.41, 5.74) is 1.91. The fraction of sp³-hybridized carbons (Fsp3) is 0.176. The summed E-state index contributed by atoms with van der Waals surface area (Å²) >= 11 is 6.26. The number of thioether (sulfide) groups is 1. The van der Waals surface area contributed by atoms with Crippen LogP contribution >= 0.6 is 24.0 Å². The van der Waals surface area contributed by atoms with Gasteiger partial charge in [-0.2, -0.15) is 0 Å². The van der Waals surface area contributed by atoms with Crippen LogP contribution in [0.25, 0.3) is 17.4 Å². The maximum atomic E-state index is 11.8. The normalized spacial score (nSPS) is 16.0. The third-order valence-corrected chi connectivity index (χ3v) is 4.66. The van der Waals surface area contributed by atoms with Crippen LogP contribution in [-0.2, 0) is 11.2 Å². The van der Waals surface area contributed by atoms with Gasteiger partial charge in [0.2, 0.25) is 0 Å². The van der Waals surface area contributed by atoms with Crippen LogP contribution in [0.1, 0.15) is 18.2 Å². The van der Waals surface area contributed by atoms with E-state index >= 15 is 0 Å². The molecule has 0 aliphatic carbocycles. The van der Waals surface area contributed by atoms with Gasteiger partial charge in [0.25, 0.3) is 5.91 Å². The van der Waals surface area contributed by atoms with Crippen molar-refractivity contribution < 1.29 is 13.9 Å². The number of furan rings is 1. The van der Waals surface area contributed by atoms with Gasteiger partial charge in [-0.25, -0.2) is 0 Å². The van der Waals surface area contributed by atoms with Crippen molar-refractivity contribution in [3.05, 3.63) is 46.6 Å². The number of aryl methyl sites for hydroxylation is 1. The molecule has 1 amide bonds. The molecule has 2 heterocycles. The first-order valence-corrected chi connectivity index (χ1v) is 8.35. The molecular weight excluding hydrogens is 330 g/mol. The standard InChI is InChI=1S/C17H15NO3S2/c1-3-10-8-14(11-6-4-5-7-12(11)20-2)21-13(10)9-15-16(19)18-17(22)23-15/h4-9H,3H2,1-2H3,(H,18,19,22)/b15-9-. The minimum atomic E-state index is -0.183. The first-order chi connectivity index (χ1) is 11.1. The number of nitrogens with one attached hydrogen (secondary N) is 1. The highest BCUT2D eigenvalue weighted by atomic mass is 32.2. The van der Waals surface area contributed by atoms with E-state index in [0.717, 1.165) is 29.1 Å². The van der Waals surface area contributed by atoms with E-state index in [0.29, 0.717) is 15.0 Å². The monoisotopic (exact) mass is 345 g/mol. The predicted molar refractivity (Wildman–Crippen MR) is 96.4 cm³/mol. The molecule has 1 saturated heterocycles. The SMILES string of the molecule is CCc1cc(-c2ccccc2OC)oc1/C=C1\SC(=S)NC1=O. The van der Waals surface area contributed by atoms with Crippen molar-refractivity contribution in [2.75, 3.05) is 7.11 Å². The number of carbonyl (C=O) groups is 1. The predicted octanol–water partition coefficient (Wildman–Crippen LogP) is 4.01. The fourth-order valence-electron chi connectivity index (χ4n) is 2.36. The molecule has 1 aliphatic rings. The average molecular weight is 345 g/mol. The van der Waals surface area contributed by atoms with E-state index in [-0.39, 0.29) is 5.91 Å². The second kappa shape index (κ2) is 6.60. The maximum Gasteiger partial charge on any atom is 0.263 e. The summed E-state index contributed by atoms with van der Waals surface area (Å²) in [6.45, 7) is 2.05. The number of para-hydroxylation sites is 1. The van der Waals surface area contributed by atoms with Crippen molar-refractivity contribution in [3.63, 3.8) is 0 Å². The molecule has 0 saturated carbocycles. The summed E-state index contributed by atoms with van der Waals surface area (Å²) in [5.74, 6) is 1.96. The van der Waals surface area contributed by atoms with Crippen LogP contribution in [0.2, 0.25) is 0 Å². The second-order valence-electron chi connectivity index (χ2n) is 4.91. The van der Waals surface area contributed by atoms with E-state index in [1.54, 1.807) is 13.2 Å². The number of ether oxygens (including phenoxy) is 1. The zero-order chi connectivity index (χ0) is 16.4. The van der Waals surface area contributed by atoms with Gasteiger partial charge in [-0.3, -0.25) is 4.79 Å². The lowest BCUT2D eigenvalue weighted by Gasteiger charge is -2.04. The molecule has 1 aliphatic heterocycles. The van der Waals surface area contributed by atoms with Crippen LogP contribution in [0.3, 0.4) is 0 Å². The highest BCUT2D eigenvalue weighted by Gasteiger charge is 2.23. The number of amides is 1. The highest BCUT2D eigenvalue weighted by molar-refractivity contribution is 8.26. The van der Waals surface area contributed by atoms with E-state index in [9.17, 15) is 4.79 Å². The van der Waals surface area contributed by atoms with Crippen molar-refractivity contribution in [2.45, 2.75) is 13.3 Å². The number of methoxy groups -OCH3 is 1. The molecule has 23 heavy (non-hydrogen) atoms. The van der Waals surface area contributed by atoms with Gasteiger partial charge in [0.05, 0.1) is 17.6 Å². The smallest absolute Gasteiger partial charge is 0.263 e. The first kappa shape index (κ1) is 15.8. The molecule has 3 rings (SSSR count). The fourth-order valence-corrected chi connectivity index (χ4v) is 3.38. The van der Waals surface area contributed by atoms with Gasteiger partial charge in [-0.15, -0.1) is 0 Å². The third-order valence-electron chi connectivity index (χ3n) is 3.50.